The number of aryl methyl sites for hydroxylation is 2. The largest absolute Gasteiger partial charge is 0.508 e. The van der Waals surface area contributed by atoms with Crippen molar-refractivity contribution in [2.24, 2.45) is 0 Å². The highest BCUT2D eigenvalue weighted by atomic mass is 16.5. The second-order valence-electron chi connectivity index (χ2n) is 6.34. The first-order valence-corrected chi connectivity index (χ1v) is 8.49. The zero-order chi connectivity index (χ0) is 19.8. The number of aromatic hydroxyl groups is 1. The van der Waals surface area contributed by atoms with Gasteiger partial charge in [0.2, 0.25) is 0 Å². The van der Waals surface area contributed by atoms with Crippen molar-refractivity contribution in [3.63, 3.8) is 0 Å². The minimum atomic E-state index is -0.586. The molecule has 4 aromatic rings. The lowest BCUT2D eigenvalue weighted by Gasteiger charge is -2.11. The summed E-state index contributed by atoms with van der Waals surface area (Å²) in [6, 6.07) is 5.69. The molecule has 0 atom stereocenters. The zero-order valence-electron chi connectivity index (χ0n) is 15.2. The van der Waals surface area contributed by atoms with Crippen LogP contribution in [0.2, 0.25) is 0 Å². The molecule has 0 saturated carbocycles. The summed E-state index contributed by atoms with van der Waals surface area (Å²) in [6.45, 7) is 3.54. The van der Waals surface area contributed by atoms with E-state index in [1.165, 1.54) is 24.5 Å². The molecule has 28 heavy (non-hydrogen) atoms. The van der Waals surface area contributed by atoms with Crippen molar-refractivity contribution < 1.29 is 19.1 Å². The second kappa shape index (κ2) is 6.76. The third kappa shape index (κ3) is 3.18. The molecular formula is C19H16N4O5. The summed E-state index contributed by atoms with van der Waals surface area (Å²) in [4.78, 5) is 32.5. The highest BCUT2D eigenvalue weighted by Crippen LogP contribution is 2.22. The molecule has 4 rings (SSSR count). The van der Waals surface area contributed by atoms with Crippen LogP contribution in [-0.2, 0) is 22.6 Å². The summed E-state index contributed by atoms with van der Waals surface area (Å²) in [5.41, 5.74) is 2.29. The van der Waals surface area contributed by atoms with Crippen molar-refractivity contribution in [2.75, 3.05) is 0 Å². The van der Waals surface area contributed by atoms with E-state index in [0.29, 0.717) is 28.0 Å². The smallest absolute Gasteiger partial charge is 0.336 e. The molecule has 9 nitrogen and oxygen atoms in total. The van der Waals surface area contributed by atoms with Gasteiger partial charge in [0.05, 0.1) is 6.42 Å². The Kier molecular flexibility index (Phi) is 4.26. The number of nitrogens with zero attached hydrogens (tertiary/aromatic N) is 4. The van der Waals surface area contributed by atoms with Gasteiger partial charge in [0.1, 0.15) is 24.3 Å². The lowest BCUT2D eigenvalue weighted by molar-refractivity contribution is -0.144. The number of hydrogen-bond donors (Lipinski definition) is 1. The number of hydrogen-bond acceptors (Lipinski definition) is 8. The lowest BCUT2D eigenvalue weighted by Crippen LogP contribution is -2.14. The Morgan fingerprint density at radius 1 is 1.29 bits per heavy atom. The van der Waals surface area contributed by atoms with E-state index in [1.54, 1.807) is 17.5 Å². The number of carbonyl (C=O) groups excluding carboxylic acids is 1. The van der Waals surface area contributed by atoms with Crippen LogP contribution in [0.3, 0.4) is 0 Å². The number of carbonyl (C=O) groups is 1. The van der Waals surface area contributed by atoms with Crippen molar-refractivity contribution in [3.8, 4) is 5.75 Å². The van der Waals surface area contributed by atoms with Gasteiger partial charge in [0.15, 0.2) is 0 Å². The molecule has 0 aliphatic heterocycles. The third-order valence-electron chi connectivity index (χ3n) is 4.51. The Bertz CT molecular complexity index is 1270. The Labute approximate surface area is 158 Å². The van der Waals surface area contributed by atoms with Crippen molar-refractivity contribution in [1.29, 1.82) is 0 Å². The Morgan fingerprint density at radius 3 is 2.93 bits per heavy atom. The molecule has 1 N–H and O–H groups in total. The molecule has 0 radical (unpaired) electrons. The monoisotopic (exact) mass is 380 g/mol. The normalized spacial score (nSPS) is 11.2. The van der Waals surface area contributed by atoms with Crippen LogP contribution < -0.4 is 5.63 Å². The van der Waals surface area contributed by atoms with Gasteiger partial charge >= 0.3 is 11.6 Å². The predicted molar refractivity (Wildman–Crippen MR) is 97.9 cm³/mol. The standard InChI is InChI=1S/C19H16N4O5/c1-10-15(11(2)23-19(22-10)20-9-21-23)7-17(25)27-8-12-5-18(26)28-16-6-13(24)3-4-14(12)16/h3-6,9,24H,7-8H2,1-2H3. The van der Waals surface area contributed by atoms with Gasteiger partial charge in [-0.05, 0) is 26.0 Å². The van der Waals surface area contributed by atoms with Gasteiger partial charge in [0.25, 0.3) is 5.78 Å². The molecule has 0 bridgehead atoms. The van der Waals surface area contributed by atoms with Gasteiger partial charge in [-0.2, -0.15) is 10.1 Å². The van der Waals surface area contributed by atoms with Gasteiger partial charge < -0.3 is 14.3 Å². The first kappa shape index (κ1) is 17.7. The Balaban J connectivity index is 1.56. The number of aromatic nitrogens is 4. The minimum Gasteiger partial charge on any atom is -0.508 e. The lowest BCUT2D eigenvalue weighted by atomic mass is 10.1. The van der Waals surface area contributed by atoms with Gasteiger partial charge in [-0.1, -0.05) is 0 Å². The summed E-state index contributed by atoms with van der Waals surface area (Å²) in [5, 5.41) is 14.2. The molecule has 3 heterocycles. The number of ether oxygens (including phenoxy) is 1. The molecule has 1 aromatic carbocycles. The third-order valence-corrected chi connectivity index (χ3v) is 4.51. The molecule has 0 saturated heterocycles. The first-order chi connectivity index (χ1) is 13.4. The molecule has 9 heteroatoms. The molecule has 142 valence electrons. The van der Waals surface area contributed by atoms with Crippen LogP contribution >= 0.6 is 0 Å². The average molecular weight is 380 g/mol. The number of fused-ring (bicyclic) bond motifs is 2. The van der Waals surface area contributed by atoms with E-state index in [1.807, 2.05) is 6.92 Å². The maximum Gasteiger partial charge on any atom is 0.336 e. The first-order valence-electron chi connectivity index (χ1n) is 8.49. The van der Waals surface area contributed by atoms with Crippen LogP contribution in [0.1, 0.15) is 22.5 Å². The van der Waals surface area contributed by atoms with Crippen molar-refractivity contribution in [3.05, 3.63) is 63.5 Å². The van der Waals surface area contributed by atoms with Gasteiger partial charge in [-0.3, -0.25) is 4.79 Å². The maximum absolute atomic E-state index is 12.4. The van der Waals surface area contributed by atoms with Crippen molar-refractivity contribution in [1.82, 2.24) is 19.6 Å². The van der Waals surface area contributed by atoms with Crippen LogP contribution in [0, 0.1) is 13.8 Å². The number of phenolic OH excluding ortho intramolecular Hbond substituents is 1. The number of benzene rings is 1. The van der Waals surface area contributed by atoms with E-state index in [4.69, 9.17) is 9.15 Å². The predicted octanol–water partition coefficient (Wildman–Crippen LogP) is 1.84. The molecule has 0 aliphatic rings. The van der Waals surface area contributed by atoms with Gasteiger partial charge in [0, 0.05) is 40.0 Å². The summed E-state index contributed by atoms with van der Waals surface area (Å²) < 4.78 is 12.0. The molecule has 3 aromatic heterocycles. The highest BCUT2D eigenvalue weighted by Gasteiger charge is 2.16. The molecule has 0 amide bonds. The molecule has 0 unspecified atom stereocenters. The number of phenols is 1. The van der Waals surface area contributed by atoms with E-state index in [-0.39, 0.29) is 24.4 Å². The summed E-state index contributed by atoms with van der Waals surface area (Å²) in [6.07, 6.45) is 1.42. The van der Waals surface area contributed by atoms with E-state index >= 15 is 0 Å². The molecule has 0 spiro atoms. The average Bonchev–Trinajstić information content (AvgIpc) is 3.11. The quantitative estimate of drug-likeness (QED) is 0.421. The number of esters is 1. The Hall–Kier alpha value is -3.75. The van der Waals surface area contributed by atoms with Gasteiger partial charge in [-0.25, -0.2) is 14.3 Å². The fourth-order valence-electron chi connectivity index (χ4n) is 3.10. The highest BCUT2D eigenvalue weighted by molar-refractivity contribution is 5.81. The van der Waals surface area contributed by atoms with Crippen molar-refractivity contribution in [2.45, 2.75) is 26.9 Å². The van der Waals surface area contributed by atoms with Crippen LogP contribution in [-0.4, -0.2) is 30.7 Å². The topological polar surface area (TPSA) is 120 Å². The molecule has 0 aliphatic carbocycles. The van der Waals surface area contributed by atoms with E-state index in [2.05, 4.69) is 15.1 Å². The van der Waals surface area contributed by atoms with Gasteiger partial charge in [-0.15, -0.1) is 0 Å². The van der Waals surface area contributed by atoms with Crippen LogP contribution in [0.15, 0.2) is 39.8 Å². The van der Waals surface area contributed by atoms with E-state index < -0.39 is 11.6 Å². The fraction of sp³-hybridized carbons (Fsp3) is 0.211. The van der Waals surface area contributed by atoms with E-state index in [9.17, 15) is 14.7 Å². The number of rotatable bonds is 4. The zero-order valence-corrected chi connectivity index (χ0v) is 15.2. The Morgan fingerprint density at radius 2 is 2.11 bits per heavy atom. The SMILES string of the molecule is Cc1nc2ncnn2c(C)c1CC(=O)OCc1cc(=O)oc2cc(O)ccc12. The molecule has 0 fully saturated rings. The minimum absolute atomic E-state index is 0.0145. The van der Waals surface area contributed by atoms with Crippen LogP contribution in [0.25, 0.3) is 16.7 Å². The summed E-state index contributed by atoms with van der Waals surface area (Å²) in [7, 11) is 0. The molecular weight excluding hydrogens is 364 g/mol. The van der Waals surface area contributed by atoms with Crippen LogP contribution in [0.4, 0.5) is 0 Å². The maximum atomic E-state index is 12.4. The van der Waals surface area contributed by atoms with Crippen LogP contribution in [0.5, 0.6) is 5.75 Å². The summed E-state index contributed by atoms with van der Waals surface area (Å²) in [5.74, 6) is -0.0165. The summed E-state index contributed by atoms with van der Waals surface area (Å²) >= 11 is 0. The second-order valence-corrected chi connectivity index (χ2v) is 6.34. The van der Waals surface area contributed by atoms with Crippen molar-refractivity contribution >= 4 is 22.7 Å². The fourth-order valence-corrected chi connectivity index (χ4v) is 3.10. The van der Waals surface area contributed by atoms with E-state index in [0.717, 1.165) is 5.69 Å².